The fraction of sp³-hybridized carbons (Fsp3) is 0.500. The summed E-state index contributed by atoms with van der Waals surface area (Å²) in [7, 11) is 0. The molecule has 1 amide bonds. The van der Waals surface area contributed by atoms with E-state index < -0.39 is 12.0 Å². The minimum Gasteiger partial charge on any atom is -0.494 e. The van der Waals surface area contributed by atoms with Crippen molar-refractivity contribution in [2.24, 2.45) is 5.92 Å². The molecule has 0 aliphatic carbocycles. The first-order valence-electron chi connectivity index (χ1n) is 7.20. The second kappa shape index (κ2) is 8.29. The zero-order chi connectivity index (χ0) is 15.8. The molecule has 21 heavy (non-hydrogen) atoms. The molecule has 0 aromatic heterocycles. The zero-order valence-corrected chi connectivity index (χ0v) is 12.8. The van der Waals surface area contributed by atoms with Crippen molar-refractivity contribution in [3.05, 3.63) is 29.8 Å². The number of aliphatic carboxylic acids is 1. The van der Waals surface area contributed by atoms with Crippen LogP contribution in [0.25, 0.3) is 0 Å². The Morgan fingerprint density at radius 2 is 1.86 bits per heavy atom. The van der Waals surface area contributed by atoms with Crippen molar-refractivity contribution in [1.82, 2.24) is 5.32 Å². The second-order valence-electron chi connectivity index (χ2n) is 5.37. The van der Waals surface area contributed by atoms with Gasteiger partial charge in [0, 0.05) is 5.56 Å². The lowest BCUT2D eigenvalue weighted by Crippen LogP contribution is -2.41. The standard InChI is InChI=1S/C16H23NO4/c1-4-9-21-13-7-5-12(6-8-13)15(18)17-14(16(19)20)10-11(2)3/h5-8,11,14H,4,9-10H2,1-3H3,(H,17,18)(H,19,20). The fourth-order valence-electron chi connectivity index (χ4n) is 1.86. The summed E-state index contributed by atoms with van der Waals surface area (Å²) in [6.45, 7) is 6.48. The summed E-state index contributed by atoms with van der Waals surface area (Å²) in [6, 6.07) is 5.82. The number of amides is 1. The number of ether oxygens (including phenoxy) is 1. The van der Waals surface area contributed by atoms with Crippen molar-refractivity contribution in [1.29, 1.82) is 0 Å². The van der Waals surface area contributed by atoms with Gasteiger partial charge in [0.15, 0.2) is 0 Å². The van der Waals surface area contributed by atoms with E-state index in [1.165, 1.54) is 0 Å². The molecule has 5 nitrogen and oxygen atoms in total. The van der Waals surface area contributed by atoms with Gasteiger partial charge >= 0.3 is 5.97 Å². The zero-order valence-electron chi connectivity index (χ0n) is 12.8. The van der Waals surface area contributed by atoms with E-state index in [-0.39, 0.29) is 11.8 Å². The van der Waals surface area contributed by atoms with Crippen LogP contribution in [0.3, 0.4) is 0 Å². The Morgan fingerprint density at radius 1 is 1.24 bits per heavy atom. The van der Waals surface area contributed by atoms with Gasteiger partial charge in [0.1, 0.15) is 11.8 Å². The highest BCUT2D eigenvalue weighted by Gasteiger charge is 2.21. The van der Waals surface area contributed by atoms with Crippen molar-refractivity contribution in [3.8, 4) is 5.75 Å². The van der Waals surface area contributed by atoms with Crippen LogP contribution in [-0.4, -0.2) is 29.6 Å². The molecular weight excluding hydrogens is 270 g/mol. The molecule has 116 valence electrons. The second-order valence-corrected chi connectivity index (χ2v) is 5.37. The summed E-state index contributed by atoms with van der Waals surface area (Å²) in [4.78, 5) is 23.2. The van der Waals surface area contributed by atoms with Gasteiger partial charge in [-0.1, -0.05) is 20.8 Å². The van der Waals surface area contributed by atoms with E-state index in [4.69, 9.17) is 9.84 Å². The first kappa shape index (κ1) is 17.0. The molecule has 2 N–H and O–H groups in total. The summed E-state index contributed by atoms with van der Waals surface area (Å²) in [5.74, 6) is -0.508. The number of benzene rings is 1. The third kappa shape index (κ3) is 5.85. The van der Waals surface area contributed by atoms with Gasteiger partial charge in [0.05, 0.1) is 6.61 Å². The van der Waals surface area contributed by atoms with Gasteiger partial charge in [-0.15, -0.1) is 0 Å². The van der Waals surface area contributed by atoms with Crippen molar-refractivity contribution in [2.75, 3.05) is 6.61 Å². The molecule has 1 aromatic carbocycles. The molecule has 1 unspecified atom stereocenters. The minimum atomic E-state index is -1.01. The quantitative estimate of drug-likeness (QED) is 0.772. The third-order valence-electron chi connectivity index (χ3n) is 2.90. The predicted octanol–water partition coefficient (Wildman–Crippen LogP) is 2.70. The monoisotopic (exact) mass is 293 g/mol. The van der Waals surface area contributed by atoms with Crippen molar-refractivity contribution < 1.29 is 19.4 Å². The lowest BCUT2D eigenvalue weighted by Gasteiger charge is -2.16. The number of hydrogen-bond acceptors (Lipinski definition) is 3. The van der Waals surface area contributed by atoms with Gasteiger partial charge in [-0.25, -0.2) is 4.79 Å². The summed E-state index contributed by atoms with van der Waals surface area (Å²) in [5, 5.41) is 11.7. The number of rotatable bonds is 8. The first-order chi connectivity index (χ1) is 9.93. The first-order valence-corrected chi connectivity index (χ1v) is 7.20. The molecule has 0 spiro atoms. The van der Waals surface area contributed by atoms with Gasteiger partial charge in [0.25, 0.3) is 5.91 Å². The Morgan fingerprint density at radius 3 is 2.33 bits per heavy atom. The highest BCUT2D eigenvalue weighted by molar-refractivity contribution is 5.96. The van der Waals surface area contributed by atoms with Gasteiger partial charge in [-0.05, 0) is 43.0 Å². The lowest BCUT2D eigenvalue weighted by molar-refractivity contribution is -0.139. The molecule has 0 aliphatic rings. The highest BCUT2D eigenvalue weighted by atomic mass is 16.5. The average Bonchev–Trinajstić information content (AvgIpc) is 2.44. The number of carbonyl (C=O) groups excluding carboxylic acids is 1. The lowest BCUT2D eigenvalue weighted by atomic mass is 10.0. The maximum absolute atomic E-state index is 12.1. The maximum Gasteiger partial charge on any atom is 0.326 e. The Kier molecular flexibility index (Phi) is 6.72. The van der Waals surface area contributed by atoms with E-state index in [1.54, 1.807) is 24.3 Å². The Hall–Kier alpha value is -2.04. The molecule has 1 atom stereocenters. The summed E-state index contributed by atoms with van der Waals surface area (Å²) in [6.07, 6.45) is 1.32. The molecule has 0 bridgehead atoms. The smallest absolute Gasteiger partial charge is 0.326 e. The summed E-state index contributed by atoms with van der Waals surface area (Å²) >= 11 is 0. The highest BCUT2D eigenvalue weighted by Crippen LogP contribution is 2.13. The molecular formula is C16H23NO4. The van der Waals surface area contributed by atoms with Gasteiger partial charge in [0.2, 0.25) is 0 Å². The Balaban J connectivity index is 2.67. The third-order valence-corrected chi connectivity index (χ3v) is 2.90. The molecule has 0 heterocycles. The molecule has 0 radical (unpaired) electrons. The van der Waals surface area contributed by atoms with Crippen LogP contribution in [0.4, 0.5) is 0 Å². The summed E-state index contributed by atoms with van der Waals surface area (Å²) < 4.78 is 5.44. The van der Waals surface area contributed by atoms with Crippen molar-refractivity contribution in [3.63, 3.8) is 0 Å². The number of carboxylic acids is 1. The van der Waals surface area contributed by atoms with Gasteiger partial charge in [-0.3, -0.25) is 4.79 Å². The number of carboxylic acid groups (broad SMARTS) is 1. The molecule has 0 saturated heterocycles. The van der Waals surface area contributed by atoms with E-state index in [1.807, 2.05) is 20.8 Å². The van der Waals surface area contributed by atoms with Crippen LogP contribution in [0.5, 0.6) is 5.75 Å². The fourth-order valence-corrected chi connectivity index (χ4v) is 1.86. The average molecular weight is 293 g/mol. The molecule has 5 heteroatoms. The van der Waals surface area contributed by atoms with Crippen LogP contribution < -0.4 is 10.1 Å². The number of carbonyl (C=O) groups is 2. The van der Waals surface area contributed by atoms with Crippen LogP contribution in [0.15, 0.2) is 24.3 Å². The van der Waals surface area contributed by atoms with Crippen molar-refractivity contribution in [2.45, 2.75) is 39.7 Å². The number of hydrogen-bond donors (Lipinski definition) is 2. The van der Waals surface area contributed by atoms with Gasteiger partial charge in [-0.2, -0.15) is 0 Å². The topological polar surface area (TPSA) is 75.6 Å². The van der Waals surface area contributed by atoms with E-state index in [9.17, 15) is 9.59 Å². The molecule has 0 saturated carbocycles. The van der Waals surface area contributed by atoms with Crippen LogP contribution in [0, 0.1) is 5.92 Å². The number of nitrogens with one attached hydrogen (secondary N) is 1. The maximum atomic E-state index is 12.1. The van der Waals surface area contributed by atoms with E-state index in [0.717, 1.165) is 6.42 Å². The molecule has 1 rings (SSSR count). The largest absolute Gasteiger partial charge is 0.494 e. The van der Waals surface area contributed by atoms with Crippen molar-refractivity contribution >= 4 is 11.9 Å². The summed E-state index contributed by atoms with van der Waals surface area (Å²) in [5.41, 5.74) is 0.425. The van der Waals surface area contributed by atoms with E-state index in [2.05, 4.69) is 5.32 Å². The van der Waals surface area contributed by atoms with Crippen LogP contribution in [-0.2, 0) is 4.79 Å². The SMILES string of the molecule is CCCOc1ccc(C(=O)NC(CC(C)C)C(=O)O)cc1. The normalized spacial score (nSPS) is 12.0. The van der Waals surface area contributed by atoms with Gasteiger partial charge < -0.3 is 15.2 Å². The van der Waals surface area contributed by atoms with Crippen LogP contribution >= 0.6 is 0 Å². The Bertz CT molecular complexity index is 468. The molecule has 0 aliphatic heterocycles. The Labute approximate surface area is 125 Å². The van der Waals surface area contributed by atoms with Crippen LogP contribution in [0.2, 0.25) is 0 Å². The van der Waals surface area contributed by atoms with E-state index >= 15 is 0 Å². The van der Waals surface area contributed by atoms with Crippen LogP contribution in [0.1, 0.15) is 44.0 Å². The molecule has 0 fully saturated rings. The van der Waals surface area contributed by atoms with E-state index in [0.29, 0.717) is 24.3 Å². The predicted molar refractivity (Wildman–Crippen MR) is 80.6 cm³/mol. The molecule has 1 aromatic rings. The minimum absolute atomic E-state index is 0.191.